The smallest absolute Gasteiger partial charge is 0.333 e. The first-order valence-electron chi connectivity index (χ1n) is 4.78. The average Bonchev–Trinajstić information content (AvgIpc) is 2.23. The highest BCUT2D eigenvalue weighted by atomic mass is 16.4. The number of hydrogen-bond donors (Lipinski definition) is 10. The standard InChI is InChI=1S/C7H19N9O2/c8-1-2(9)5(11,12)7(15,16)6(13,14)4(1,10)3(17)18/h8-16H2,(H,17,18). The zero-order valence-electron chi connectivity index (χ0n) is 9.55. The number of carboxylic acid groups (broad SMARTS) is 1. The zero-order valence-corrected chi connectivity index (χ0v) is 9.55. The Balaban J connectivity index is 3.80. The third-order valence-corrected chi connectivity index (χ3v) is 3.52. The predicted octanol–water partition coefficient (Wildman–Crippen LogP) is -6.25. The van der Waals surface area contributed by atoms with Crippen molar-refractivity contribution >= 4 is 5.97 Å². The van der Waals surface area contributed by atoms with Crippen LogP contribution in [-0.4, -0.2) is 33.6 Å². The summed E-state index contributed by atoms with van der Waals surface area (Å²) in [5, 5.41) is 9.18. The second-order valence-corrected chi connectivity index (χ2v) is 4.55. The molecular weight excluding hydrogens is 242 g/mol. The molecule has 0 saturated heterocycles. The van der Waals surface area contributed by atoms with Crippen molar-refractivity contribution < 1.29 is 9.90 Å². The molecule has 19 N–H and O–H groups in total. The van der Waals surface area contributed by atoms with Gasteiger partial charge in [-0.1, -0.05) is 0 Å². The Labute approximate surface area is 102 Å². The van der Waals surface area contributed by atoms with Crippen LogP contribution in [0.15, 0.2) is 11.4 Å². The van der Waals surface area contributed by atoms with Gasteiger partial charge in [-0.05, 0) is 0 Å². The maximum absolute atomic E-state index is 11.3. The summed E-state index contributed by atoms with van der Waals surface area (Å²) in [4.78, 5) is 11.3. The van der Waals surface area contributed by atoms with Crippen LogP contribution in [0.25, 0.3) is 0 Å². The molecule has 1 aliphatic rings. The Morgan fingerprint density at radius 3 is 1.56 bits per heavy atom. The van der Waals surface area contributed by atoms with Crippen molar-refractivity contribution in [2.45, 2.75) is 22.5 Å². The fourth-order valence-corrected chi connectivity index (χ4v) is 1.84. The highest BCUT2D eigenvalue weighted by molar-refractivity contribution is 5.86. The molecule has 1 rings (SSSR count). The van der Waals surface area contributed by atoms with Crippen molar-refractivity contribution in [1.29, 1.82) is 0 Å². The lowest BCUT2D eigenvalue weighted by Gasteiger charge is -2.58. The van der Waals surface area contributed by atoms with Crippen LogP contribution in [0.5, 0.6) is 0 Å². The molecule has 18 heavy (non-hydrogen) atoms. The van der Waals surface area contributed by atoms with Gasteiger partial charge in [0.1, 0.15) is 17.0 Å². The van der Waals surface area contributed by atoms with E-state index >= 15 is 0 Å². The summed E-state index contributed by atoms with van der Waals surface area (Å²) >= 11 is 0. The number of aliphatic carboxylic acids is 1. The molecule has 0 bridgehead atoms. The van der Waals surface area contributed by atoms with E-state index in [1.165, 1.54) is 0 Å². The van der Waals surface area contributed by atoms with E-state index in [9.17, 15) is 9.90 Å². The molecular formula is C7H19N9O2. The van der Waals surface area contributed by atoms with Crippen LogP contribution in [-0.2, 0) is 4.79 Å². The lowest BCUT2D eigenvalue weighted by atomic mass is 9.64. The Hall–Kier alpha value is -1.47. The summed E-state index contributed by atoms with van der Waals surface area (Å²) < 4.78 is 0. The molecule has 11 nitrogen and oxygen atoms in total. The Bertz CT molecular complexity index is 440. The molecule has 0 radical (unpaired) electrons. The van der Waals surface area contributed by atoms with E-state index in [1.807, 2.05) is 0 Å². The van der Waals surface area contributed by atoms with Gasteiger partial charge >= 0.3 is 5.97 Å². The van der Waals surface area contributed by atoms with E-state index in [2.05, 4.69) is 0 Å². The lowest BCUT2D eigenvalue weighted by molar-refractivity contribution is -0.147. The predicted molar refractivity (Wildman–Crippen MR) is 63.3 cm³/mol. The summed E-state index contributed by atoms with van der Waals surface area (Å²) in [6, 6.07) is 0. The molecule has 0 fully saturated rings. The third kappa shape index (κ3) is 1.18. The molecule has 104 valence electrons. The van der Waals surface area contributed by atoms with E-state index in [4.69, 9.17) is 51.6 Å². The molecule has 1 atom stereocenters. The molecule has 0 aromatic carbocycles. The molecule has 1 aliphatic carbocycles. The van der Waals surface area contributed by atoms with Gasteiger partial charge in [-0.15, -0.1) is 0 Å². The summed E-state index contributed by atoms with van der Waals surface area (Å²) in [5.41, 5.74) is 40.2. The van der Waals surface area contributed by atoms with Crippen molar-refractivity contribution in [1.82, 2.24) is 0 Å². The van der Waals surface area contributed by atoms with Crippen LogP contribution in [0.1, 0.15) is 0 Å². The van der Waals surface area contributed by atoms with Crippen molar-refractivity contribution in [2.75, 3.05) is 0 Å². The third-order valence-electron chi connectivity index (χ3n) is 3.52. The van der Waals surface area contributed by atoms with Gasteiger partial charge in [0, 0.05) is 0 Å². The molecule has 0 heterocycles. The summed E-state index contributed by atoms with van der Waals surface area (Å²) in [6.45, 7) is 0. The topological polar surface area (TPSA) is 271 Å². The van der Waals surface area contributed by atoms with Crippen LogP contribution < -0.4 is 51.6 Å². The van der Waals surface area contributed by atoms with Gasteiger partial charge < -0.3 is 56.7 Å². The van der Waals surface area contributed by atoms with E-state index in [0.717, 1.165) is 0 Å². The van der Waals surface area contributed by atoms with E-state index in [0.29, 0.717) is 0 Å². The van der Waals surface area contributed by atoms with Gasteiger partial charge in [0.05, 0.1) is 11.4 Å². The maximum Gasteiger partial charge on any atom is 0.333 e. The van der Waals surface area contributed by atoms with Crippen molar-refractivity contribution in [3.8, 4) is 0 Å². The number of carbonyl (C=O) groups is 1. The minimum absolute atomic E-state index is 0.482. The molecule has 0 aliphatic heterocycles. The van der Waals surface area contributed by atoms with Crippen molar-refractivity contribution in [2.24, 2.45) is 51.6 Å². The average molecular weight is 261 g/mol. The lowest BCUT2D eigenvalue weighted by Crippen LogP contribution is -2.99. The molecule has 11 heteroatoms. The minimum Gasteiger partial charge on any atom is -0.479 e. The number of carboxylic acids is 1. The largest absolute Gasteiger partial charge is 0.479 e. The zero-order chi connectivity index (χ0) is 14.7. The van der Waals surface area contributed by atoms with Gasteiger partial charge in [-0.3, -0.25) is 0 Å². The second kappa shape index (κ2) is 3.30. The summed E-state index contributed by atoms with van der Waals surface area (Å²) in [6.07, 6.45) is 0. The summed E-state index contributed by atoms with van der Waals surface area (Å²) in [7, 11) is 0. The van der Waals surface area contributed by atoms with Gasteiger partial charge in [-0.2, -0.15) is 0 Å². The van der Waals surface area contributed by atoms with Crippen LogP contribution in [0.2, 0.25) is 0 Å². The molecule has 0 aromatic rings. The van der Waals surface area contributed by atoms with Crippen LogP contribution in [0.4, 0.5) is 0 Å². The van der Waals surface area contributed by atoms with E-state index in [-0.39, 0.29) is 0 Å². The van der Waals surface area contributed by atoms with Gasteiger partial charge in [0.25, 0.3) is 0 Å². The monoisotopic (exact) mass is 261 g/mol. The molecule has 0 spiro atoms. The highest BCUT2D eigenvalue weighted by Crippen LogP contribution is 2.37. The van der Waals surface area contributed by atoms with Crippen LogP contribution >= 0.6 is 0 Å². The number of nitrogens with two attached hydrogens (primary N) is 9. The Morgan fingerprint density at radius 2 is 1.22 bits per heavy atom. The van der Waals surface area contributed by atoms with Gasteiger partial charge in [0.15, 0.2) is 5.54 Å². The van der Waals surface area contributed by atoms with Crippen molar-refractivity contribution in [3.05, 3.63) is 11.4 Å². The maximum atomic E-state index is 11.3. The highest BCUT2D eigenvalue weighted by Gasteiger charge is 2.70. The van der Waals surface area contributed by atoms with Gasteiger partial charge in [0.2, 0.25) is 0 Å². The van der Waals surface area contributed by atoms with Crippen LogP contribution in [0.3, 0.4) is 0 Å². The van der Waals surface area contributed by atoms with Gasteiger partial charge in [-0.25, -0.2) is 4.79 Å². The Morgan fingerprint density at radius 1 is 0.833 bits per heavy atom. The SMILES string of the molecule is NC1=C(N)C(N)(C(=O)O)C(N)(N)C(N)(N)C1(N)N. The molecule has 0 saturated carbocycles. The molecule has 1 unspecified atom stereocenters. The molecule has 0 aromatic heterocycles. The first-order valence-corrected chi connectivity index (χ1v) is 4.78. The van der Waals surface area contributed by atoms with Crippen LogP contribution in [0, 0.1) is 0 Å². The normalized spacial score (nSPS) is 33.3. The number of hydrogen-bond acceptors (Lipinski definition) is 10. The quantitative estimate of drug-likeness (QED) is 0.198. The van der Waals surface area contributed by atoms with E-state index < -0.39 is 39.9 Å². The van der Waals surface area contributed by atoms with E-state index in [1.54, 1.807) is 0 Å². The summed E-state index contributed by atoms with van der Waals surface area (Å²) in [5.74, 6) is -1.66. The fourth-order valence-electron chi connectivity index (χ4n) is 1.84. The Kier molecular flexibility index (Phi) is 2.67. The first-order chi connectivity index (χ1) is 7.76. The second-order valence-electron chi connectivity index (χ2n) is 4.55. The number of rotatable bonds is 1. The molecule has 0 amide bonds. The fraction of sp³-hybridized carbons (Fsp3) is 0.571. The minimum atomic E-state index is -2.51. The van der Waals surface area contributed by atoms with Crippen molar-refractivity contribution in [3.63, 3.8) is 0 Å². The first kappa shape index (κ1) is 14.6.